The highest BCUT2D eigenvalue weighted by Crippen LogP contribution is 2.38. The molecule has 1 aliphatic rings. The number of piperazine rings is 1. The van der Waals surface area contributed by atoms with Gasteiger partial charge in [0.05, 0.1) is 32.7 Å². The number of amides is 2. The smallest absolute Gasteiger partial charge is 0.247 e. The van der Waals surface area contributed by atoms with Crippen LogP contribution < -0.4 is 19.7 Å². The molecule has 1 saturated heterocycles. The van der Waals surface area contributed by atoms with Crippen molar-refractivity contribution in [3.05, 3.63) is 53.6 Å². The summed E-state index contributed by atoms with van der Waals surface area (Å²) >= 11 is 0. The molecule has 1 atom stereocenters. The maximum Gasteiger partial charge on any atom is 0.247 e. The molecule has 33 heavy (non-hydrogen) atoms. The molecule has 0 aromatic heterocycles. The number of nitrogens with one attached hydrogen (secondary N) is 1. The second kappa shape index (κ2) is 9.40. The van der Waals surface area contributed by atoms with Gasteiger partial charge in [-0.25, -0.2) is 8.42 Å². The number of rotatable bonds is 7. The average molecular weight is 476 g/mol. The Labute approximate surface area is 194 Å². The molecule has 1 heterocycles. The van der Waals surface area contributed by atoms with E-state index in [4.69, 9.17) is 9.47 Å². The van der Waals surface area contributed by atoms with Gasteiger partial charge in [0.15, 0.2) is 0 Å². The molecule has 0 saturated carbocycles. The van der Waals surface area contributed by atoms with Crippen LogP contribution in [0.5, 0.6) is 11.5 Å². The Kier molecular flexibility index (Phi) is 6.99. The van der Waals surface area contributed by atoms with Crippen molar-refractivity contribution in [1.29, 1.82) is 0 Å². The molecule has 0 bridgehead atoms. The van der Waals surface area contributed by atoms with Crippen LogP contribution in [0.15, 0.2) is 42.5 Å². The largest absolute Gasteiger partial charge is 0.497 e. The number of sulfonamides is 1. The molecule has 178 valence electrons. The van der Waals surface area contributed by atoms with E-state index in [9.17, 15) is 18.0 Å². The maximum atomic E-state index is 13.5. The Morgan fingerprint density at radius 3 is 2.36 bits per heavy atom. The van der Waals surface area contributed by atoms with Crippen molar-refractivity contribution in [3.8, 4) is 11.5 Å². The van der Waals surface area contributed by atoms with Gasteiger partial charge in [0.1, 0.15) is 17.0 Å². The average Bonchev–Trinajstić information content (AvgIpc) is 2.77. The highest BCUT2D eigenvalue weighted by atomic mass is 32.2. The Bertz CT molecular complexity index is 1150. The summed E-state index contributed by atoms with van der Waals surface area (Å²) in [6.07, 6.45) is 1.02. The molecule has 10 heteroatoms. The van der Waals surface area contributed by atoms with Gasteiger partial charge < -0.3 is 14.8 Å². The Hall–Kier alpha value is -3.11. The number of anilines is 1. The molecule has 2 amide bonds. The fraction of sp³-hybridized carbons (Fsp3) is 0.391. The standard InChI is InChI=1S/C23H29N3O6S/c1-16-6-8-17(9-7-16)13-24-22(28)23(2)15-25(33(5,29)30)14-21(27)26(23)19-11-10-18(31-3)12-20(19)32-4/h6-12H,13-15H2,1-5H3,(H,24,28)/t23-/m0/s1. The van der Waals surface area contributed by atoms with Crippen LogP contribution >= 0.6 is 0 Å². The first-order valence-corrected chi connectivity index (χ1v) is 12.2. The lowest BCUT2D eigenvalue weighted by molar-refractivity contribution is -0.133. The van der Waals surface area contributed by atoms with Crippen molar-refractivity contribution in [1.82, 2.24) is 9.62 Å². The van der Waals surface area contributed by atoms with Crippen molar-refractivity contribution in [3.63, 3.8) is 0 Å². The van der Waals surface area contributed by atoms with Crippen LogP contribution in [0.3, 0.4) is 0 Å². The van der Waals surface area contributed by atoms with E-state index in [0.29, 0.717) is 17.2 Å². The molecule has 1 N–H and O–H groups in total. The lowest BCUT2D eigenvalue weighted by Gasteiger charge is -2.46. The van der Waals surface area contributed by atoms with Gasteiger partial charge in [0.25, 0.3) is 0 Å². The van der Waals surface area contributed by atoms with Crippen molar-refractivity contribution >= 4 is 27.5 Å². The van der Waals surface area contributed by atoms with Crippen LogP contribution in [0, 0.1) is 6.92 Å². The summed E-state index contributed by atoms with van der Waals surface area (Å²) in [5.41, 5.74) is 0.805. The van der Waals surface area contributed by atoms with E-state index < -0.39 is 27.4 Å². The lowest BCUT2D eigenvalue weighted by atomic mass is 9.94. The number of benzene rings is 2. The highest BCUT2D eigenvalue weighted by Gasteiger charge is 2.51. The summed E-state index contributed by atoms with van der Waals surface area (Å²) in [7, 11) is -0.757. The van der Waals surface area contributed by atoms with Crippen LogP contribution in [-0.4, -0.2) is 63.6 Å². The zero-order valence-corrected chi connectivity index (χ0v) is 20.2. The molecule has 0 radical (unpaired) electrons. The van der Waals surface area contributed by atoms with E-state index in [2.05, 4.69) is 5.32 Å². The topological polar surface area (TPSA) is 105 Å². The van der Waals surface area contributed by atoms with Crippen molar-refractivity contribution in [2.75, 3.05) is 38.5 Å². The molecular formula is C23H29N3O6S. The predicted molar refractivity (Wildman–Crippen MR) is 125 cm³/mol. The van der Waals surface area contributed by atoms with E-state index in [1.54, 1.807) is 25.1 Å². The number of ether oxygens (including phenoxy) is 2. The van der Waals surface area contributed by atoms with Gasteiger partial charge in [0, 0.05) is 19.2 Å². The van der Waals surface area contributed by atoms with Crippen molar-refractivity contribution in [2.45, 2.75) is 25.9 Å². The second-order valence-corrected chi connectivity index (χ2v) is 10.2. The highest BCUT2D eigenvalue weighted by molar-refractivity contribution is 7.88. The van der Waals surface area contributed by atoms with Crippen LogP contribution in [0.2, 0.25) is 0 Å². The number of methoxy groups -OCH3 is 2. The SMILES string of the molecule is COc1ccc(N2C(=O)CN(S(C)(=O)=O)C[C@@]2(C)C(=O)NCc2ccc(C)cc2)c(OC)c1. The van der Waals surface area contributed by atoms with Gasteiger partial charge in [-0.2, -0.15) is 4.31 Å². The summed E-state index contributed by atoms with van der Waals surface area (Å²) < 4.78 is 36.3. The summed E-state index contributed by atoms with van der Waals surface area (Å²) in [5.74, 6) is -0.179. The Morgan fingerprint density at radius 1 is 1.12 bits per heavy atom. The maximum absolute atomic E-state index is 13.5. The first kappa shape index (κ1) is 24.5. The number of hydrogen-bond donors (Lipinski definition) is 1. The first-order chi connectivity index (χ1) is 15.5. The van der Waals surface area contributed by atoms with Gasteiger partial charge in [-0.3, -0.25) is 14.5 Å². The summed E-state index contributed by atoms with van der Waals surface area (Å²) in [5, 5.41) is 2.86. The van der Waals surface area contributed by atoms with Crippen LogP contribution in [0.4, 0.5) is 5.69 Å². The van der Waals surface area contributed by atoms with Gasteiger partial charge in [-0.15, -0.1) is 0 Å². The van der Waals surface area contributed by atoms with Gasteiger partial charge in [0.2, 0.25) is 21.8 Å². The summed E-state index contributed by atoms with van der Waals surface area (Å²) in [4.78, 5) is 28.1. The monoisotopic (exact) mass is 475 g/mol. The molecule has 2 aromatic rings. The molecule has 3 rings (SSSR count). The van der Waals surface area contributed by atoms with Gasteiger partial charge in [-0.1, -0.05) is 29.8 Å². The number of hydrogen-bond acceptors (Lipinski definition) is 6. The number of carbonyl (C=O) groups excluding carboxylic acids is 2. The van der Waals surface area contributed by atoms with E-state index >= 15 is 0 Å². The summed E-state index contributed by atoms with van der Waals surface area (Å²) in [6.45, 7) is 3.17. The van der Waals surface area contributed by atoms with E-state index in [1.165, 1.54) is 19.1 Å². The van der Waals surface area contributed by atoms with E-state index in [-0.39, 0.29) is 19.6 Å². The summed E-state index contributed by atoms with van der Waals surface area (Å²) in [6, 6.07) is 12.6. The lowest BCUT2D eigenvalue weighted by Crippen LogP contribution is -2.70. The molecule has 0 aliphatic carbocycles. The minimum Gasteiger partial charge on any atom is -0.497 e. The molecule has 1 fully saturated rings. The minimum atomic E-state index is -3.71. The number of aryl methyl sites for hydroxylation is 1. The van der Waals surface area contributed by atoms with Crippen LogP contribution in [-0.2, 0) is 26.2 Å². The van der Waals surface area contributed by atoms with E-state index in [0.717, 1.165) is 21.7 Å². The van der Waals surface area contributed by atoms with Crippen LogP contribution in [0.25, 0.3) is 0 Å². The van der Waals surface area contributed by atoms with Crippen molar-refractivity contribution < 1.29 is 27.5 Å². The molecule has 2 aromatic carbocycles. The third-order valence-electron chi connectivity index (χ3n) is 5.70. The molecular weight excluding hydrogens is 446 g/mol. The van der Waals surface area contributed by atoms with Gasteiger partial charge in [-0.05, 0) is 31.5 Å². The van der Waals surface area contributed by atoms with Gasteiger partial charge >= 0.3 is 0 Å². The zero-order valence-electron chi connectivity index (χ0n) is 19.4. The molecule has 1 aliphatic heterocycles. The quantitative estimate of drug-likeness (QED) is 0.654. The Balaban J connectivity index is 2.01. The Morgan fingerprint density at radius 2 is 1.79 bits per heavy atom. The zero-order chi connectivity index (χ0) is 24.4. The predicted octanol–water partition coefficient (Wildman–Crippen LogP) is 1.70. The normalized spacial score (nSPS) is 19.3. The minimum absolute atomic E-state index is 0.202. The second-order valence-electron chi connectivity index (χ2n) is 8.24. The molecule has 0 spiro atoms. The third-order valence-corrected chi connectivity index (χ3v) is 6.89. The molecule has 9 nitrogen and oxygen atoms in total. The van der Waals surface area contributed by atoms with Crippen LogP contribution in [0.1, 0.15) is 18.1 Å². The number of nitrogens with zero attached hydrogens (tertiary/aromatic N) is 2. The first-order valence-electron chi connectivity index (χ1n) is 10.3. The van der Waals surface area contributed by atoms with E-state index in [1.807, 2.05) is 31.2 Å². The fourth-order valence-electron chi connectivity index (χ4n) is 3.82. The third kappa shape index (κ3) is 5.12. The number of carbonyl (C=O) groups is 2. The fourth-order valence-corrected chi connectivity index (χ4v) is 4.65. The molecule has 0 unspecified atom stereocenters. The van der Waals surface area contributed by atoms with Crippen molar-refractivity contribution in [2.24, 2.45) is 0 Å².